The number of esters is 2. The van der Waals surface area contributed by atoms with Crippen LogP contribution in [0.1, 0.15) is 142 Å². The van der Waals surface area contributed by atoms with Gasteiger partial charge in [0, 0.05) is 31.4 Å². The maximum atomic E-state index is 14.0. The number of nitrogens with two attached hydrogens (primary N) is 1. The van der Waals surface area contributed by atoms with Crippen molar-refractivity contribution < 1.29 is 81.3 Å². The number of Topliss-reactive ketones (excluding diaryl/α,β-unsaturated/α-hetero) is 1. The molecule has 2 bridgehead atoms. The number of aromatic nitrogens is 2. The van der Waals surface area contributed by atoms with E-state index in [1.807, 2.05) is 25.2 Å². The monoisotopic (exact) mass is 1120 g/mol. The van der Waals surface area contributed by atoms with Gasteiger partial charge in [-0.1, -0.05) is 131 Å². The van der Waals surface area contributed by atoms with Crippen LogP contribution in [0.2, 0.25) is 0 Å². The molecule has 0 amide bonds. The Morgan fingerprint density at radius 3 is 2.08 bits per heavy atom. The number of phosphoric ester groups is 2. The van der Waals surface area contributed by atoms with Gasteiger partial charge in [-0.05, 0) is 76.7 Å². The fourth-order valence-corrected chi connectivity index (χ4v) is 10.2. The van der Waals surface area contributed by atoms with Crippen molar-refractivity contribution in [3.63, 3.8) is 0 Å². The summed E-state index contributed by atoms with van der Waals surface area (Å²) in [5, 5.41) is 45.7. The second kappa shape index (κ2) is 37.4. The molecule has 8 N–H and O–H groups in total. The first-order chi connectivity index (χ1) is 36.9. The number of fused-ring (bicyclic) bond motifs is 3. The van der Waals surface area contributed by atoms with Crippen LogP contribution in [0.15, 0.2) is 102 Å². The summed E-state index contributed by atoms with van der Waals surface area (Å²) in [6.07, 6.45) is 25.6. The number of hydrogen-bond donors (Lipinski definition) is 7. The number of ketones is 1. The van der Waals surface area contributed by atoms with Gasteiger partial charge >= 0.3 is 33.3 Å². The molecule has 21 nitrogen and oxygen atoms in total. The molecule has 3 heterocycles. The molecule has 432 valence electrons. The number of nitrogens with zero attached hydrogens (tertiary/aromatic N) is 2. The number of aliphatic hydroxyl groups excluding tert-OH is 4. The van der Waals surface area contributed by atoms with E-state index >= 15 is 0 Å². The van der Waals surface area contributed by atoms with Crippen LogP contribution in [-0.4, -0.2) is 114 Å². The summed E-state index contributed by atoms with van der Waals surface area (Å²) in [6, 6.07) is 1.22. The predicted molar refractivity (Wildman–Crippen MR) is 289 cm³/mol. The SMILES string of the molecule is CCCCC/C=C\C/C=C\C/C=C\C/C=C\C/C=C\CCC(=O)O[C@@H]1COC(=O)CCC/C=C\C[C@@H]2[C@H](n3ccc(N)nc3=O)O[C@H](COP(=O)(O)OP(=O)(O)OC1)[C@@H](O)[C@@H](O)[C@@H](/C=C/[C@@H](O)CCCCC)C(=O)C[C@@H]2O. The number of carbonyl (C=O) groups excluding carboxylic acids is 3. The van der Waals surface area contributed by atoms with E-state index in [9.17, 15) is 58.5 Å². The summed E-state index contributed by atoms with van der Waals surface area (Å²) in [6.45, 7) is 1.32. The Balaban J connectivity index is 1.77. The van der Waals surface area contributed by atoms with Gasteiger partial charge in [0.15, 0.2) is 6.10 Å². The van der Waals surface area contributed by atoms with Gasteiger partial charge in [-0.2, -0.15) is 9.29 Å². The second-order valence-corrected chi connectivity index (χ2v) is 21.8. The van der Waals surface area contributed by atoms with E-state index in [0.717, 1.165) is 49.3 Å². The Labute approximate surface area is 452 Å². The van der Waals surface area contributed by atoms with E-state index in [4.69, 9.17) is 29.0 Å². The molecule has 0 spiro atoms. The average Bonchev–Trinajstić information content (AvgIpc) is 3.37. The van der Waals surface area contributed by atoms with Crippen molar-refractivity contribution in [3.8, 4) is 0 Å². The molecule has 1 aromatic rings. The van der Waals surface area contributed by atoms with Gasteiger partial charge < -0.3 is 50.2 Å². The van der Waals surface area contributed by atoms with Crippen LogP contribution in [0.25, 0.3) is 0 Å². The number of anilines is 1. The minimum atomic E-state index is -5.75. The van der Waals surface area contributed by atoms with E-state index in [1.54, 1.807) is 18.2 Å². The van der Waals surface area contributed by atoms with Gasteiger partial charge in [-0.25, -0.2) is 13.9 Å². The van der Waals surface area contributed by atoms with Crippen LogP contribution < -0.4 is 11.4 Å². The largest absolute Gasteiger partial charge is 0.481 e. The highest BCUT2D eigenvalue weighted by Gasteiger charge is 2.45. The van der Waals surface area contributed by atoms with Gasteiger partial charge in [0.1, 0.15) is 36.6 Å². The third-order valence-corrected chi connectivity index (χ3v) is 14.9. The molecular formula is C54H83N3O18P2. The zero-order chi connectivity index (χ0) is 56.5. The number of ether oxygens (including phenoxy) is 3. The molecule has 0 saturated carbocycles. The highest BCUT2D eigenvalue weighted by molar-refractivity contribution is 7.61. The van der Waals surface area contributed by atoms with E-state index in [0.29, 0.717) is 19.3 Å². The van der Waals surface area contributed by atoms with Crippen molar-refractivity contribution >= 4 is 39.2 Å². The van der Waals surface area contributed by atoms with E-state index in [1.165, 1.54) is 37.5 Å². The molecule has 3 rings (SSSR count). The van der Waals surface area contributed by atoms with Gasteiger partial charge in [-0.3, -0.25) is 28.0 Å². The molecule has 1 fully saturated rings. The highest BCUT2D eigenvalue weighted by Crippen LogP contribution is 2.60. The molecule has 0 radical (unpaired) electrons. The van der Waals surface area contributed by atoms with Crippen molar-refractivity contribution in [1.29, 1.82) is 0 Å². The fourth-order valence-electron chi connectivity index (χ4n) is 8.05. The topological polar surface area (TPSA) is 323 Å². The van der Waals surface area contributed by atoms with Crippen molar-refractivity contribution in [2.75, 3.05) is 25.6 Å². The molecule has 0 aromatic carbocycles. The summed E-state index contributed by atoms with van der Waals surface area (Å²) in [5.74, 6) is -5.37. The molecular weight excluding hydrogens is 1040 g/mol. The Bertz CT molecular complexity index is 2300. The number of aliphatic hydroxyl groups is 4. The Morgan fingerprint density at radius 2 is 1.44 bits per heavy atom. The first-order valence-electron chi connectivity index (χ1n) is 26.7. The molecule has 11 atom stereocenters. The lowest BCUT2D eigenvalue weighted by Gasteiger charge is -2.39. The number of rotatable bonds is 23. The van der Waals surface area contributed by atoms with Crippen LogP contribution in [0.5, 0.6) is 0 Å². The molecule has 1 saturated heterocycles. The number of unbranched alkanes of at least 4 members (excludes halogenated alkanes) is 5. The van der Waals surface area contributed by atoms with Crippen molar-refractivity contribution in [3.05, 3.63) is 108 Å². The van der Waals surface area contributed by atoms with Crippen LogP contribution in [0.4, 0.5) is 5.82 Å². The quantitative estimate of drug-likeness (QED) is 0.0236. The fraction of sp³-hybridized carbons (Fsp3) is 0.611. The Morgan fingerprint density at radius 1 is 0.831 bits per heavy atom. The summed E-state index contributed by atoms with van der Waals surface area (Å²) < 4.78 is 58.9. The van der Waals surface area contributed by atoms with Gasteiger partial charge in [0.2, 0.25) is 0 Å². The minimum Gasteiger partial charge on any atom is -0.462 e. The molecule has 2 unspecified atom stereocenters. The third-order valence-electron chi connectivity index (χ3n) is 12.3. The Kier molecular flexibility index (Phi) is 32.5. The van der Waals surface area contributed by atoms with Crippen molar-refractivity contribution in [2.45, 2.75) is 179 Å². The number of allylic oxidation sites excluding steroid dienone is 12. The van der Waals surface area contributed by atoms with Crippen LogP contribution in [0, 0.1) is 11.8 Å². The second-order valence-electron chi connectivity index (χ2n) is 18.8. The van der Waals surface area contributed by atoms with Crippen LogP contribution in [-0.2, 0) is 51.1 Å². The van der Waals surface area contributed by atoms with Crippen molar-refractivity contribution in [2.24, 2.45) is 11.8 Å². The first-order valence-corrected chi connectivity index (χ1v) is 29.7. The standard InChI is InChI=1S/C54H83N3O18P2/c1-3-5-7-8-9-10-11-12-13-14-15-16-17-18-19-20-21-22-28-32-50(62)73-42-38-70-49(61)31-27-24-23-26-30-44-46(60)37-45(59)43(34-33-41(58)29-25-6-4-2)51(63)52(64)47(40-72-77(68,69)75-76(66,67)71-39-42)74-53(44)57-36-35-48(55)56-54(57)65/h9-10,12-13,15-16,18-19,21-23,26,33-36,41-44,46-47,51-53,58,60,63-64H,3-8,11,14,17,20,24-25,27-32,37-40H2,1-2H3,(H,66,67)(H,68,69)(H2,55,56,65)/b10-9-,13-12-,16-15-,19-18-,22-21-,26-23-,34-33+/t41-,42+,43-,44-,46-,47+,51-,52+,53+/m0/s1. The molecule has 77 heavy (non-hydrogen) atoms. The number of carbonyl (C=O) groups is 3. The number of hydrogen-bond acceptors (Lipinski definition) is 18. The minimum absolute atomic E-state index is 0.132. The summed E-state index contributed by atoms with van der Waals surface area (Å²) in [7, 11) is -11.4. The Hall–Kier alpha value is -4.47. The van der Waals surface area contributed by atoms with Crippen LogP contribution in [0.3, 0.4) is 0 Å². The van der Waals surface area contributed by atoms with Gasteiger partial charge in [0.25, 0.3) is 0 Å². The average molecular weight is 1120 g/mol. The number of phosphoric acid groups is 2. The summed E-state index contributed by atoms with van der Waals surface area (Å²) >= 11 is 0. The van der Waals surface area contributed by atoms with Gasteiger partial charge in [-0.15, -0.1) is 0 Å². The lowest BCUT2D eigenvalue weighted by molar-refractivity contribution is -0.186. The third kappa shape index (κ3) is 27.8. The van der Waals surface area contributed by atoms with Gasteiger partial charge in [0.05, 0.1) is 37.4 Å². The normalized spacial score (nSPS) is 29.1. The molecule has 1 aromatic heterocycles. The maximum absolute atomic E-state index is 14.0. The molecule has 23 heteroatoms. The number of nitrogen functional groups attached to an aromatic ring is 1. The van der Waals surface area contributed by atoms with E-state index in [-0.39, 0.29) is 44.3 Å². The lowest BCUT2D eigenvalue weighted by Crippen LogP contribution is -2.51. The molecule has 2 aliphatic heterocycles. The summed E-state index contributed by atoms with van der Waals surface area (Å²) in [5.41, 5.74) is 4.74. The smallest absolute Gasteiger partial charge is 0.462 e. The van der Waals surface area contributed by atoms with E-state index in [2.05, 4.69) is 52.7 Å². The summed E-state index contributed by atoms with van der Waals surface area (Å²) in [4.78, 5) is 78.2. The first kappa shape index (κ1) is 66.8. The zero-order valence-corrected chi connectivity index (χ0v) is 46.2. The molecule has 0 aliphatic carbocycles. The predicted octanol–water partition coefficient (Wildman–Crippen LogP) is 8.03. The van der Waals surface area contributed by atoms with Crippen LogP contribution >= 0.6 is 15.6 Å². The number of cyclic esters (lactones) is 1. The van der Waals surface area contributed by atoms with Crippen molar-refractivity contribution in [1.82, 2.24) is 9.55 Å². The lowest BCUT2D eigenvalue weighted by atomic mass is 9.83. The van der Waals surface area contributed by atoms with E-state index < -0.39 is 120 Å². The zero-order valence-electron chi connectivity index (χ0n) is 44.4. The maximum Gasteiger partial charge on any atom is 0.481 e. The molecule has 2 aliphatic rings. The highest BCUT2D eigenvalue weighted by atomic mass is 31.3.